The zero-order valence-electron chi connectivity index (χ0n) is 24.4. The summed E-state index contributed by atoms with van der Waals surface area (Å²) >= 11 is 0. The number of benzene rings is 5. The van der Waals surface area contributed by atoms with Crippen LogP contribution in [0.2, 0.25) is 0 Å². The maximum absolute atomic E-state index is 7.06. The maximum Gasteiger partial charge on any atom is 0.256 e. The molecule has 0 aliphatic carbocycles. The van der Waals surface area contributed by atoms with E-state index in [0.29, 0.717) is 0 Å². The molecule has 0 radical (unpaired) electrons. The third-order valence-electron chi connectivity index (χ3n) is 9.38. The summed E-state index contributed by atoms with van der Waals surface area (Å²) in [5.74, 6) is 3.57. The van der Waals surface area contributed by atoms with Gasteiger partial charge in [0.1, 0.15) is 23.0 Å². The zero-order chi connectivity index (χ0) is 28.7. The topological polar surface area (TPSA) is 18.5 Å². The van der Waals surface area contributed by atoms with Gasteiger partial charge in [-0.05, 0) is 72.9 Å². The number of fused-ring (bicyclic) bond motifs is 7. The van der Waals surface area contributed by atoms with E-state index in [1.165, 1.54) is 44.1 Å². The lowest BCUT2D eigenvalue weighted by molar-refractivity contribution is 0.468. The van der Waals surface area contributed by atoms with Crippen LogP contribution in [0, 0.1) is 20.8 Å². The monoisotopic (exact) mass is 540 g/mol. The van der Waals surface area contributed by atoms with Gasteiger partial charge in [0.05, 0.1) is 0 Å². The second-order valence-electron chi connectivity index (χ2n) is 11.7. The predicted octanol–water partition coefficient (Wildman–Crippen LogP) is 5.26. The van der Waals surface area contributed by atoms with Gasteiger partial charge in [0.25, 0.3) is 13.4 Å². The Labute approximate surface area is 248 Å². The molecule has 0 spiro atoms. The van der Waals surface area contributed by atoms with Gasteiger partial charge in [-0.1, -0.05) is 119 Å². The number of ether oxygens (including phenoxy) is 2. The lowest BCUT2D eigenvalue weighted by Gasteiger charge is -2.40. The number of para-hydroxylation sites is 2. The van der Waals surface area contributed by atoms with Crippen molar-refractivity contribution in [1.29, 1.82) is 0 Å². The van der Waals surface area contributed by atoms with Crippen molar-refractivity contribution in [3.63, 3.8) is 0 Å². The molecule has 0 amide bonds. The number of hydrogen-bond donors (Lipinski definition) is 0. The quantitative estimate of drug-likeness (QED) is 0.279. The molecule has 42 heavy (non-hydrogen) atoms. The molecule has 2 nitrogen and oxygen atoms in total. The van der Waals surface area contributed by atoms with Crippen molar-refractivity contribution >= 4 is 57.9 Å². The Hall–Kier alpha value is -4.69. The Morgan fingerprint density at radius 3 is 1.79 bits per heavy atom. The second-order valence-corrected chi connectivity index (χ2v) is 11.7. The molecule has 0 unspecified atom stereocenters. The van der Waals surface area contributed by atoms with Crippen LogP contribution in [-0.4, -0.2) is 13.4 Å². The summed E-state index contributed by atoms with van der Waals surface area (Å²) in [7, 11) is 0. The van der Waals surface area contributed by atoms with E-state index < -0.39 is 0 Å². The van der Waals surface area contributed by atoms with Gasteiger partial charge in [-0.3, -0.25) is 0 Å². The molecular formula is C38H30B2O2. The van der Waals surface area contributed by atoms with Crippen molar-refractivity contribution < 1.29 is 9.47 Å². The Balaban J connectivity index is 1.57. The molecule has 5 aromatic rings. The van der Waals surface area contributed by atoms with Gasteiger partial charge in [0.2, 0.25) is 0 Å². The largest absolute Gasteiger partial charge is 0.459 e. The van der Waals surface area contributed by atoms with Gasteiger partial charge < -0.3 is 9.47 Å². The van der Waals surface area contributed by atoms with Crippen molar-refractivity contribution in [2.24, 2.45) is 0 Å². The highest BCUT2D eigenvalue weighted by Gasteiger charge is 2.47. The van der Waals surface area contributed by atoms with Gasteiger partial charge in [-0.25, -0.2) is 0 Å². The number of allylic oxidation sites excluding steroid dienone is 1. The molecule has 3 heterocycles. The molecule has 3 aliphatic rings. The Kier molecular flexibility index (Phi) is 5.46. The van der Waals surface area contributed by atoms with Crippen LogP contribution in [0.1, 0.15) is 40.3 Å². The Morgan fingerprint density at radius 1 is 0.595 bits per heavy atom. The average Bonchev–Trinajstić information content (AvgIpc) is 2.99. The van der Waals surface area contributed by atoms with Crippen LogP contribution in [0.4, 0.5) is 0 Å². The van der Waals surface area contributed by atoms with E-state index >= 15 is 0 Å². The van der Waals surface area contributed by atoms with Crippen LogP contribution in [0.15, 0.2) is 97.6 Å². The Morgan fingerprint density at radius 2 is 1.14 bits per heavy atom. The average molecular weight is 540 g/mol. The van der Waals surface area contributed by atoms with Crippen LogP contribution >= 0.6 is 0 Å². The standard InChI is InChI=1S/C38H30B2O2/c1-6-13-27-32-25(5)26-17-12-16-24(4)34(26)40-29-19-8-10-21-31(29)42-38(35(32)40)36-37(27)41-30-20-9-7-18-28(30)39(36)33-22(2)14-11-15-23(33)3/h6-21H,5H2,1-4H3/b13-6-. The lowest BCUT2D eigenvalue weighted by atomic mass is 9.29. The molecule has 0 saturated carbocycles. The summed E-state index contributed by atoms with van der Waals surface area (Å²) in [6.07, 6.45) is 4.32. The lowest BCUT2D eigenvalue weighted by Crippen LogP contribution is -2.64. The molecule has 0 bridgehead atoms. The predicted molar refractivity (Wildman–Crippen MR) is 179 cm³/mol. The first-order valence-electron chi connectivity index (χ1n) is 14.7. The minimum Gasteiger partial charge on any atom is -0.459 e. The van der Waals surface area contributed by atoms with Crippen molar-refractivity contribution in [3.8, 4) is 23.0 Å². The van der Waals surface area contributed by atoms with E-state index in [-0.39, 0.29) is 13.4 Å². The van der Waals surface area contributed by atoms with Gasteiger partial charge in [0.15, 0.2) is 0 Å². The van der Waals surface area contributed by atoms with E-state index in [1.807, 2.05) is 0 Å². The fraction of sp³-hybridized carbons (Fsp3) is 0.105. The molecule has 5 aromatic carbocycles. The molecule has 200 valence electrons. The third-order valence-corrected chi connectivity index (χ3v) is 9.38. The molecule has 0 N–H and O–H groups in total. The number of hydrogen-bond acceptors (Lipinski definition) is 2. The molecule has 3 aliphatic heterocycles. The van der Waals surface area contributed by atoms with E-state index in [9.17, 15) is 0 Å². The SMILES string of the molecule is C=C1c2cccc(C)c2B2c3ccccc3Oc3c4c(c(/C=C\C)c1c32)Oc1ccccc1B4c1c(C)cccc1C. The van der Waals surface area contributed by atoms with Gasteiger partial charge in [0, 0.05) is 11.0 Å². The van der Waals surface area contributed by atoms with Gasteiger partial charge in [-0.15, -0.1) is 0 Å². The molecule has 0 saturated heterocycles. The van der Waals surface area contributed by atoms with E-state index in [0.717, 1.165) is 50.6 Å². The summed E-state index contributed by atoms with van der Waals surface area (Å²) < 4.78 is 14.0. The van der Waals surface area contributed by atoms with Gasteiger partial charge in [-0.2, -0.15) is 0 Å². The smallest absolute Gasteiger partial charge is 0.256 e. The van der Waals surface area contributed by atoms with Gasteiger partial charge >= 0.3 is 0 Å². The van der Waals surface area contributed by atoms with Crippen molar-refractivity contribution in [1.82, 2.24) is 0 Å². The zero-order valence-corrected chi connectivity index (χ0v) is 24.4. The molecule has 8 rings (SSSR count). The second kappa shape index (κ2) is 9.16. The number of rotatable bonds is 2. The minimum atomic E-state index is -0.0482. The van der Waals surface area contributed by atoms with Crippen molar-refractivity contribution in [3.05, 3.63) is 131 Å². The van der Waals surface area contributed by atoms with Crippen LogP contribution in [0.3, 0.4) is 0 Å². The summed E-state index contributed by atoms with van der Waals surface area (Å²) in [6, 6.07) is 30.2. The minimum absolute atomic E-state index is 0.0340. The highest BCUT2D eigenvalue weighted by atomic mass is 16.5. The van der Waals surface area contributed by atoms with E-state index in [2.05, 4.69) is 125 Å². The molecule has 0 aromatic heterocycles. The summed E-state index contributed by atoms with van der Waals surface area (Å²) in [6.45, 7) is 13.4. The summed E-state index contributed by atoms with van der Waals surface area (Å²) in [5.41, 5.74) is 15.5. The van der Waals surface area contributed by atoms with Crippen molar-refractivity contribution in [2.75, 3.05) is 0 Å². The molecule has 4 heteroatoms. The van der Waals surface area contributed by atoms with Crippen LogP contribution in [0.5, 0.6) is 23.0 Å². The van der Waals surface area contributed by atoms with Crippen LogP contribution in [0.25, 0.3) is 11.6 Å². The van der Waals surface area contributed by atoms with Crippen molar-refractivity contribution in [2.45, 2.75) is 27.7 Å². The maximum atomic E-state index is 7.06. The highest BCUT2D eigenvalue weighted by molar-refractivity contribution is 7.01. The normalized spacial score (nSPS) is 14.0. The molecule has 0 fully saturated rings. The Bertz CT molecular complexity index is 2000. The van der Waals surface area contributed by atoms with E-state index in [4.69, 9.17) is 16.1 Å². The first kappa shape index (κ1) is 25.1. The molecular weight excluding hydrogens is 510 g/mol. The first-order valence-corrected chi connectivity index (χ1v) is 14.7. The third kappa shape index (κ3) is 3.30. The fourth-order valence-corrected chi connectivity index (χ4v) is 7.67. The highest BCUT2D eigenvalue weighted by Crippen LogP contribution is 2.42. The number of aryl methyl sites for hydroxylation is 3. The van der Waals surface area contributed by atoms with Crippen LogP contribution < -0.4 is 42.3 Å². The first-order chi connectivity index (χ1) is 20.5. The molecule has 0 atom stereocenters. The summed E-state index contributed by atoms with van der Waals surface area (Å²) in [4.78, 5) is 0. The van der Waals surface area contributed by atoms with E-state index in [1.54, 1.807) is 0 Å². The van der Waals surface area contributed by atoms with Crippen LogP contribution in [-0.2, 0) is 0 Å². The fourth-order valence-electron chi connectivity index (χ4n) is 7.67. The summed E-state index contributed by atoms with van der Waals surface area (Å²) in [5, 5.41) is 0.